The maximum atomic E-state index is 11.9. The minimum absolute atomic E-state index is 0.521. The zero-order valence-electron chi connectivity index (χ0n) is 13.2. The molecule has 0 bridgehead atoms. The summed E-state index contributed by atoms with van der Waals surface area (Å²) in [5.74, 6) is 0. The van der Waals surface area contributed by atoms with E-state index in [2.05, 4.69) is 31.2 Å². The highest BCUT2D eigenvalue weighted by Crippen LogP contribution is 2.32. The van der Waals surface area contributed by atoms with Crippen molar-refractivity contribution >= 4 is 50.5 Å². The molecular weight excluding hydrogens is 366 g/mol. The van der Waals surface area contributed by atoms with Gasteiger partial charge in [-0.15, -0.1) is 11.8 Å². The highest BCUT2D eigenvalue weighted by molar-refractivity contribution is 9.10. The largest absolute Gasteiger partial charge is 0.444 e. The van der Waals surface area contributed by atoms with Gasteiger partial charge in [-0.1, -0.05) is 0 Å². The van der Waals surface area contributed by atoms with E-state index in [1.54, 1.807) is 18.0 Å². The smallest absolute Gasteiger partial charge is 0.412 e. The summed E-state index contributed by atoms with van der Waals surface area (Å²) in [6.45, 7) is 7.44. The number of aromatic nitrogens is 2. The SMILES string of the molecule is CSc1cc(C)c2ncc(NC(=O)OC(C)(C)C)c(Br)c2n1. The second-order valence-corrected chi connectivity index (χ2v) is 7.41. The molecule has 5 nitrogen and oxygen atoms in total. The first-order valence-electron chi connectivity index (χ1n) is 6.71. The highest BCUT2D eigenvalue weighted by atomic mass is 79.9. The summed E-state index contributed by atoms with van der Waals surface area (Å²) in [5, 5.41) is 3.60. The standard InChI is InChI=1S/C15H18BrN3O2S/c1-8-6-10(22-5)19-13-11(16)9(7-17-12(8)13)18-14(20)21-15(2,3)4/h6-7H,1-5H3,(H,18,20). The Balaban J connectivity index is 2.40. The van der Waals surface area contributed by atoms with Crippen molar-refractivity contribution in [1.82, 2.24) is 9.97 Å². The molecule has 0 saturated heterocycles. The summed E-state index contributed by atoms with van der Waals surface area (Å²) in [5.41, 5.74) is 2.55. The molecule has 22 heavy (non-hydrogen) atoms. The predicted molar refractivity (Wildman–Crippen MR) is 93.6 cm³/mol. The lowest BCUT2D eigenvalue weighted by atomic mass is 10.2. The van der Waals surface area contributed by atoms with Crippen LogP contribution in [0.5, 0.6) is 0 Å². The monoisotopic (exact) mass is 383 g/mol. The molecule has 0 aliphatic rings. The first-order valence-corrected chi connectivity index (χ1v) is 8.73. The molecule has 0 aromatic carbocycles. The summed E-state index contributed by atoms with van der Waals surface area (Å²) in [6, 6.07) is 1.99. The third-order valence-electron chi connectivity index (χ3n) is 2.77. The molecule has 1 amide bonds. The first kappa shape index (κ1) is 17.0. The minimum atomic E-state index is -0.554. The van der Waals surface area contributed by atoms with Crippen molar-refractivity contribution in [1.29, 1.82) is 0 Å². The van der Waals surface area contributed by atoms with Crippen molar-refractivity contribution in [3.63, 3.8) is 0 Å². The highest BCUT2D eigenvalue weighted by Gasteiger charge is 2.18. The van der Waals surface area contributed by atoms with E-state index in [0.717, 1.165) is 21.6 Å². The Morgan fingerprint density at radius 1 is 1.36 bits per heavy atom. The van der Waals surface area contributed by atoms with Gasteiger partial charge in [-0.2, -0.15) is 0 Å². The number of thioether (sulfide) groups is 1. The van der Waals surface area contributed by atoms with Crippen LogP contribution in [-0.4, -0.2) is 27.9 Å². The second kappa shape index (κ2) is 6.42. The zero-order chi connectivity index (χ0) is 16.5. The molecule has 0 fully saturated rings. The molecule has 118 valence electrons. The fraction of sp³-hybridized carbons (Fsp3) is 0.400. The number of anilines is 1. The quantitative estimate of drug-likeness (QED) is 0.756. The average molecular weight is 384 g/mol. The number of rotatable bonds is 2. The minimum Gasteiger partial charge on any atom is -0.444 e. The van der Waals surface area contributed by atoms with Crippen LogP contribution in [-0.2, 0) is 4.74 Å². The molecule has 2 heterocycles. The van der Waals surface area contributed by atoms with E-state index in [4.69, 9.17) is 4.74 Å². The van der Waals surface area contributed by atoms with Gasteiger partial charge in [-0.3, -0.25) is 10.3 Å². The fourth-order valence-corrected chi connectivity index (χ4v) is 2.83. The lowest BCUT2D eigenvalue weighted by Crippen LogP contribution is -2.27. The Hall–Kier alpha value is -1.34. The number of hydrogen-bond donors (Lipinski definition) is 1. The van der Waals surface area contributed by atoms with Crippen molar-refractivity contribution in [2.75, 3.05) is 11.6 Å². The fourth-order valence-electron chi connectivity index (χ4n) is 1.87. The van der Waals surface area contributed by atoms with Crippen molar-refractivity contribution in [2.24, 2.45) is 0 Å². The summed E-state index contributed by atoms with van der Waals surface area (Å²) >= 11 is 5.07. The van der Waals surface area contributed by atoms with Crippen LogP contribution in [0.1, 0.15) is 26.3 Å². The van der Waals surface area contributed by atoms with E-state index in [1.165, 1.54) is 0 Å². The maximum absolute atomic E-state index is 11.9. The zero-order valence-corrected chi connectivity index (χ0v) is 15.6. The van der Waals surface area contributed by atoms with Crippen LogP contribution in [0.25, 0.3) is 11.0 Å². The van der Waals surface area contributed by atoms with Gasteiger partial charge in [-0.25, -0.2) is 9.78 Å². The summed E-state index contributed by atoms with van der Waals surface area (Å²) in [4.78, 5) is 20.9. The van der Waals surface area contributed by atoms with Gasteiger partial charge < -0.3 is 4.74 Å². The molecule has 2 aromatic heterocycles. The van der Waals surface area contributed by atoms with Crippen molar-refractivity contribution < 1.29 is 9.53 Å². The third-order valence-corrected chi connectivity index (χ3v) is 4.20. The normalized spacial score (nSPS) is 11.5. The Kier molecular flexibility index (Phi) is 4.97. The molecule has 7 heteroatoms. The van der Waals surface area contributed by atoms with Crippen molar-refractivity contribution in [3.05, 3.63) is 22.3 Å². The van der Waals surface area contributed by atoms with Crippen LogP contribution in [0, 0.1) is 6.92 Å². The van der Waals surface area contributed by atoms with Crippen LogP contribution >= 0.6 is 27.7 Å². The van der Waals surface area contributed by atoms with E-state index in [9.17, 15) is 4.79 Å². The lowest BCUT2D eigenvalue weighted by molar-refractivity contribution is 0.0636. The molecule has 0 unspecified atom stereocenters. The summed E-state index contributed by atoms with van der Waals surface area (Å²) in [7, 11) is 0. The Labute approximate surface area is 142 Å². The third kappa shape index (κ3) is 3.89. The number of hydrogen-bond acceptors (Lipinski definition) is 5. The molecule has 2 aromatic rings. The predicted octanol–water partition coefficient (Wildman–Crippen LogP) is 4.77. The lowest BCUT2D eigenvalue weighted by Gasteiger charge is -2.20. The molecule has 0 saturated carbocycles. The molecule has 0 radical (unpaired) electrons. The number of halogens is 1. The van der Waals surface area contributed by atoms with Gasteiger partial charge in [0.25, 0.3) is 0 Å². The topological polar surface area (TPSA) is 64.1 Å². The van der Waals surface area contributed by atoms with Gasteiger partial charge in [-0.05, 0) is 61.5 Å². The van der Waals surface area contributed by atoms with Crippen LogP contribution in [0.3, 0.4) is 0 Å². The number of fused-ring (bicyclic) bond motifs is 1. The Bertz CT molecular complexity index is 729. The molecule has 1 N–H and O–H groups in total. The first-order chi connectivity index (χ1) is 10.2. The second-order valence-electron chi connectivity index (χ2n) is 5.79. The Morgan fingerprint density at radius 3 is 2.64 bits per heavy atom. The molecule has 0 aliphatic heterocycles. The Morgan fingerprint density at radius 2 is 2.05 bits per heavy atom. The van der Waals surface area contributed by atoms with Gasteiger partial charge in [0, 0.05) is 0 Å². The van der Waals surface area contributed by atoms with E-state index in [-0.39, 0.29) is 0 Å². The number of amides is 1. The van der Waals surface area contributed by atoms with Crippen LogP contribution < -0.4 is 5.32 Å². The van der Waals surface area contributed by atoms with E-state index < -0.39 is 11.7 Å². The van der Waals surface area contributed by atoms with E-state index >= 15 is 0 Å². The van der Waals surface area contributed by atoms with Gasteiger partial charge >= 0.3 is 6.09 Å². The number of carbonyl (C=O) groups is 1. The van der Waals surface area contributed by atoms with Crippen LogP contribution in [0.15, 0.2) is 21.8 Å². The molecular formula is C15H18BrN3O2S. The molecule has 0 spiro atoms. The van der Waals surface area contributed by atoms with Gasteiger partial charge in [0.05, 0.1) is 26.9 Å². The van der Waals surface area contributed by atoms with Crippen LogP contribution in [0.4, 0.5) is 10.5 Å². The van der Waals surface area contributed by atoms with E-state index in [1.807, 2.05) is 40.0 Å². The summed E-state index contributed by atoms with van der Waals surface area (Å²) < 4.78 is 5.95. The van der Waals surface area contributed by atoms with E-state index in [0.29, 0.717) is 10.2 Å². The summed E-state index contributed by atoms with van der Waals surface area (Å²) in [6.07, 6.45) is 3.05. The molecule has 0 atom stereocenters. The maximum Gasteiger partial charge on any atom is 0.412 e. The number of nitrogens with zero attached hydrogens (tertiary/aromatic N) is 2. The molecule has 0 aliphatic carbocycles. The van der Waals surface area contributed by atoms with Crippen molar-refractivity contribution in [2.45, 2.75) is 38.3 Å². The van der Waals surface area contributed by atoms with Crippen LogP contribution in [0.2, 0.25) is 0 Å². The number of carbonyl (C=O) groups excluding carboxylic acids is 1. The van der Waals surface area contributed by atoms with Gasteiger partial charge in [0.2, 0.25) is 0 Å². The number of pyridine rings is 2. The number of aryl methyl sites for hydroxylation is 1. The number of ether oxygens (including phenoxy) is 1. The van der Waals surface area contributed by atoms with Crippen molar-refractivity contribution in [3.8, 4) is 0 Å². The van der Waals surface area contributed by atoms with Gasteiger partial charge in [0.1, 0.15) is 11.1 Å². The molecule has 2 rings (SSSR count). The average Bonchev–Trinajstić information content (AvgIpc) is 2.40. The number of nitrogens with one attached hydrogen (secondary N) is 1. The van der Waals surface area contributed by atoms with Gasteiger partial charge in [0.15, 0.2) is 0 Å².